The Morgan fingerprint density at radius 2 is 1.65 bits per heavy atom. The van der Waals surface area contributed by atoms with E-state index in [-0.39, 0.29) is 37.1 Å². The first kappa shape index (κ1) is 26.9. The quantitative estimate of drug-likeness (QED) is 0.463. The number of aryl methyl sites for hydroxylation is 1. The van der Waals surface area contributed by atoms with Crippen LogP contribution < -0.4 is 5.32 Å². The topological polar surface area (TPSA) is 84.9 Å². The normalized spacial score (nSPS) is 22.2. The van der Waals surface area contributed by atoms with E-state index in [1.165, 1.54) is 0 Å². The second-order valence-corrected chi connectivity index (χ2v) is 10.1. The molecule has 1 N–H and O–H groups in total. The van der Waals surface area contributed by atoms with Crippen molar-refractivity contribution < 1.29 is 23.9 Å². The third-order valence-corrected chi connectivity index (χ3v) is 7.55. The van der Waals surface area contributed by atoms with E-state index in [4.69, 9.17) is 9.47 Å². The fourth-order valence-electron chi connectivity index (χ4n) is 5.71. The van der Waals surface area contributed by atoms with Gasteiger partial charge in [-0.05, 0) is 63.0 Å². The summed E-state index contributed by atoms with van der Waals surface area (Å²) in [7, 11) is 0. The van der Waals surface area contributed by atoms with E-state index < -0.39 is 18.1 Å². The second-order valence-electron chi connectivity index (χ2n) is 10.1. The summed E-state index contributed by atoms with van der Waals surface area (Å²) in [6.45, 7) is 4.00. The second kappa shape index (κ2) is 12.9. The van der Waals surface area contributed by atoms with Crippen molar-refractivity contribution in [2.24, 2.45) is 5.92 Å². The summed E-state index contributed by atoms with van der Waals surface area (Å²) in [4.78, 5) is 41.4. The summed E-state index contributed by atoms with van der Waals surface area (Å²) in [5.74, 6) is -0.573. The molecular weight excluding hydrogens is 468 g/mol. The molecule has 0 spiro atoms. The Morgan fingerprint density at radius 1 is 0.973 bits per heavy atom. The van der Waals surface area contributed by atoms with Crippen LogP contribution in [0.1, 0.15) is 57.1 Å². The van der Waals surface area contributed by atoms with Crippen LogP contribution in [-0.4, -0.2) is 53.5 Å². The molecule has 1 aliphatic carbocycles. The van der Waals surface area contributed by atoms with Crippen molar-refractivity contribution in [3.8, 4) is 0 Å². The van der Waals surface area contributed by atoms with Crippen molar-refractivity contribution in [1.82, 2.24) is 10.2 Å². The zero-order chi connectivity index (χ0) is 26.2. The van der Waals surface area contributed by atoms with Crippen molar-refractivity contribution >= 4 is 17.8 Å². The molecule has 2 fully saturated rings. The SMILES string of the molecule is CCOC(=O)[C@H](CCc1ccccc1)N[C@H](C)C(=O)N1[C@H](C(=O)OCc2ccccc2)C[C@@H]2CCC[C@@H]21. The number of nitrogens with zero attached hydrogens (tertiary/aromatic N) is 1. The first-order valence-corrected chi connectivity index (χ1v) is 13.5. The molecule has 0 radical (unpaired) electrons. The molecule has 1 aliphatic heterocycles. The lowest BCUT2D eigenvalue weighted by molar-refractivity contribution is -0.156. The zero-order valence-corrected chi connectivity index (χ0v) is 21.8. The molecule has 5 atom stereocenters. The highest BCUT2D eigenvalue weighted by Crippen LogP contribution is 2.42. The van der Waals surface area contributed by atoms with Gasteiger partial charge in [-0.25, -0.2) is 4.79 Å². The van der Waals surface area contributed by atoms with E-state index in [2.05, 4.69) is 5.32 Å². The molecule has 1 heterocycles. The molecule has 4 rings (SSSR count). The summed E-state index contributed by atoms with van der Waals surface area (Å²) in [5, 5.41) is 3.23. The van der Waals surface area contributed by atoms with Crippen LogP contribution in [0.3, 0.4) is 0 Å². The molecule has 7 nitrogen and oxygen atoms in total. The number of fused-ring (bicyclic) bond motifs is 1. The number of carbonyl (C=O) groups excluding carboxylic acids is 3. The van der Waals surface area contributed by atoms with Gasteiger partial charge in [-0.15, -0.1) is 0 Å². The highest BCUT2D eigenvalue weighted by atomic mass is 16.5. The molecule has 7 heteroatoms. The molecule has 198 valence electrons. The number of esters is 2. The van der Waals surface area contributed by atoms with Gasteiger partial charge in [0.15, 0.2) is 0 Å². The van der Waals surface area contributed by atoms with Crippen molar-refractivity contribution in [3.05, 3.63) is 71.8 Å². The highest BCUT2D eigenvalue weighted by molar-refractivity contribution is 5.89. The molecule has 0 aromatic heterocycles. The number of likely N-dealkylation sites (tertiary alicyclic amines) is 1. The first-order chi connectivity index (χ1) is 18.0. The Kier molecular flexibility index (Phi) is 9.34. The van der Waals surface area contributed by atoms with Gasteiger partial charge < -0.3 is 14.4 Å². The van der Waals surface area contributed by atoms with E-state index in [0.717, 1.165) is 30.4 Å². The Morgan fingerprint density at radius 3 is 2.32 bits per heavy atom. The number of rotatable bonds is 11. The fourth-order valence-corrected chi connectivity index (χ4v) is 5.71. The molecule has 2 aromatic rings. The van der Waals surface area contributed by atoms with Gasteiger partial charge in [0.25, 0.3) is 0 Å². The monoisotopic (exact) mass is 506 g/mol. The summed E-state index contributed by atoms with van der Waals surface area (Å²) >= 11 is 0. The third kappa shape index (κ3) is 6.77. The minimum absolute atomic E-state index is 0.0383. The maximum atomic E-state index is 13.8. The minimum Gasteiger partial charge on any atom is -0.465 e. The van der Waals surface area contributed by atoms with E-state index in [0.29, 0.717) is 25.2 Å². The summed E-state index contributed by atoms with van der Waals surface area (Å²) in [5.41, 5.74) is 2.03. The minimum atomic E-state index is -0.644. The van der Waals surface area contributed by atoms with E-state index >= 15 is 0 Å². The van der Waals surface area contributed by atoms with E-state index in [1.54, 1.807) is 18.7 Å². The number of hydrogen-bond donors (Lipinski definition) is 1. The standard InChI is InChI=1S/C30H38N2O5/c1-3-36-29(34)25(18-17-22-11-6-4-7-12-22)31-21(2)28(33)32-26-16-10-15-24(26)19-27(32)30(35)37-20-23-13-8-5-9-14-23/h4-9,11-14,21,24-27,31H,3,10,15-20H2,1-2H3/t21-,24+,25+,26+,27+/m1/s1. The number of nitrogens with one attached hydrogen (secondary N) is 1. The average molecular weight is 507 g/mol. The van der Waals surface area contributed by atoms with Crippen LogP contribution in [0.2, 0.25) is 0 Å². The largest absolute Gasteiger partial charge is 0.465 e. The molecule has 1 saturated heterocycles. The van der Waals surface area contributed by atoms with Crippen LogP contribution in [0.15, 0.2) is 60.7 Å². The van der Waals surface area contributed by atoms with Crippen molar-refractivity contribution in [2.45, 2.75) is 83.1 Å². The van der Waals surface area contributed by atoms with Gasteiger partial charge in [-0.3, -0.25) is 14.9 Å². The molecular formula is C30H38N2O5. The Hall–Kier alpha value is -3.19. The van der Waals surface area contributed by atoms with Gasteiger partial charge >= 0.3 is 11.9 Å². The molecule has 2 aromatic carbocycles. The van der Waals surface area contributed by atoms with Crippen LogP contribution in [0.5, 0.6) is 0 Å². The van der Waals surface area contributed by atoms with E-state index in [9.17, 15) is 14.4 Å². The van der Waals surface area contributed by atoms with Gasteiger partial charge in [-0.2, -0.15) is 0 Å². The summed E-state index contributed by atoms with van der Waals surface area (Å²) in [6.07, 6.45) is 4.78. The lowest BCUT2D eigenvalue weighted by atomic mass is 10.0. The van der Waals surface area contributed by atoms with Crippen molar-refractivity contribution in [1.29, 1.82) is 0 Å². The smallest absolute Gasteiger partial charge is 0.329 e. The highest BCUT2D eigenvalue weighted by Gasteiger charge is 2.50. The van der Waals surface area contributed by atoms with Gasteiger partial charge in [0.1, 0.15) is 18.7 Å². The van der Waals surface area contributed by atoms with Gasteiger partial charge in [0.05, 0.1) is 12.6 Å². The molecule has 2 aliphatic rings. The molecule has 0 unspecified atom stereocenters. The lowest BCUT2D eigenvalue weighted by Gasteiger charge is -2.32. The first-order valence-electron chi connectivity index (χ1n) is 13.5. The Bertz CT molecular complexity index is 1040. The molecule has 37 heavy (non-hydrogen) atoms. The lowest BCUT2D eigenvalue weighted by Crippen LogP contribution is -2.55. The average Bonchev–Trinajstić information content (AvgIpc) is 3.52. The van der Waals surface area contributed by atoms with Gasteiger partial charge in [0, 0.05) is 6.04 Å². The molecule has 1 amide bonds. The number of amides is 1. The van der Waals surface area contributed by atoms with Crippen LogP contribution >= 0.6 is 0 Å². The Labute approximate surface area is 219 Å². The van der Waals surface area contributed by atoms with Crippen LogP contribution in [0, 0.1) is 5.92 Å². The van der Waals surface area contributed by atoms with Crippen LogP contribution in [0.25, 0.3) is 0 Å². The van der Waals surface area contributed by atoms with Crippen molar-refractivity contribution in [2.75, 3.05) is 6.61 Å². The number of ether oxygens (including phenoxy) is 2. The summed E-state index contributed by atoms with van der Waals surface area (Å²) in [6, 6.07) is 17.7. The maximum absolute atomic E-state index is 13.8. The number of carbonyl (C=O) groups is 3. The third-order valence-electron chi connectivity index (χ3n) is 7.55. The van der Waals surface area contributed by atoms with Crippen LogP contribution in [0.4, 0.5) is 0 Å². The predicted molar refractivity (Wildman–Crippen MR) is 140 cm³/mol. The van der Waals surface area contributed by atoms with Crippen molar-refractivity contribution in [3.63, 3.8) is 0 Å². The Balaban J connectivity index is 1.43. The number of hydrogen-bond acceptors (Lipinski definition) is 6. The van der Waals surface area contributed by atoms with Gasteiger partial charge in [-0.1, -0.05) is 67.1 Å². The summed E-state index contributed by atoms with van der Waals surface area (Å²) < 4.78 is 10.9. The van der Waals surface area contributed by atoms with Crippen LogP contribution in [-0.2, 0) is 36.9 Å². The fraction of sp³-hybridized carbons (Fsp3) is 0.500. The predicted octanol–water partition coefficient (Wildman–Crippen LogP) is 4.04. The molecule has 0 bridgehead atoms. The van der Waals surface area contributed by atoms with E-state index in [1.807, 2.05) is 60.7 Å². The molecule has 1 saturated carbocycles. The zero-order valence-electron chi connectivity index (χ0n) is 21.8. The maximum Gasteiger partial charge on any atom is 0.329 e. The number of benzene rings is 2. The van der Waals surface area contributed by atoms with Gasteiger partial charge in [0.2, 0.25) is 5.91 Å².